The Morgan fingerprint density at radius 3 is 2.58 bits per heavy atom. The van der Waals surface area contributed by atoms with Crippen LogP contribution in [0.15, 0.2) is 30.6 Å². The third-order valence-electron chi connectivity index (χ3n) is 3.31. The van der Waals surface area contributed by atoms with E-state index in [2.05, 4.69) is 40.4 Å². The highest BCUT2D eigenvalue weighted by Gasteiger charge is 1.98. The van der Waals surface area contributed by atoms with E-state index in [0.717, 1.165) is 30.5 Å². The molecule has 2 rings (SSSR count). The predicted octanol–water partition coefficient (Wildman–Crippen LogP) is 3.34. The van der Waals surface area contributed by atoms with E-state index in [1.165, 1.54) is 31.2 Å². The van der Waals surface area contributed by atoms with Gasteiger partial charge in [-0.25, -0.2) is 0 Å². The van der Waals surface area contributed by atoms with Crippen molar-refractivity contribution < 1.29 is 0 Å². The third-order valence-corrected chi connectivity index (χ3v) is 3.31. The van der Waals surface area contributed by atoms with E-state index in [1.807, 2.05) is 0 Å². The first-order chi connectivity index (χ1) is 9.40. The third kappa shape index (κ3) is 4.60. The lowest BCUT2D eigenvalue weighted by atomic mass is 10.1. The van der Waals surface area contributed by atoms with Crippen molar-refractivity contribution in [3.63, 3.8) is 0 Å². The van der Waals surface area contributed by atoms with Crippen molar-refractivity contribution in [1.29, 1.82) is 0 Å². The van der Waals surface area contributed by atoms with Crippen molar-refractivity contribution in [2.45, 2.75) is 39.0 Å². The molecule has 102 valence electrons. The highest BCUT2D eigenvalue weighted by atomic mass is 14.8. The molecule has 0 spiro atoms. The Kier molecular flexibility index (Phi) is 5.76. The summed E-state index contributed by atoms with van der Waals surface area (Å²) in [6, 6.07) is 6.39. The molecule has 1 aromatic heterocycles. The zero-order valence-corrected chi connectivity index (χ0v) is 11.7. The molecule has 0 radical (unpaired) electrons. The molecule has 3 nitrogen and oxygen atoms in total. The van der Waals surface area contributed by atoms with E-state index in [0.29, 0.717) is 0 Å². The van der Waals surface area contributed by atoms with Crippen molar-refractivity contribution in [3.8, 4) is 0 Å². The second-order valence-electron chi connectivity index (χ2n) is 4.94. The molecule has 1 N–H and O–H groups in total. The summed E-state index contributed by atoms with van der Waals surface area (Å²) < 4.78 is 0. The summed E-state index contributed by atoms with van der Waals surface area (Å²) in [6.45, 7) is 4.51. The second kappa shape index (κ2) is 7.85. The summed E-state index contributed by atoms with van der Waals surface area (Å²) in [7, 11) is 0. The number of aromatic nitrogens is 2. The molecule has 0 aliphatic heterocycles. The van der Waals surface area contributed by atoms with Gasteiger partial charge in [-0.15, -0.1) is 0 Å². The molecule has 0 bridgehead atoms. The van der Waals surface area contributed by atoms with Gasteiger partial charge in [0.15, 0.2) is 0 Å². The Balaban J connectivity index is 1.72. The van der Waals surface area contributed by atoms with E-state index in [4.69, 9.17) is 0 Å². The van der Waals surface area contributed by atoms with Gasteiger partial charge in [-0.2, -0.15) is 0 Å². The quantitative estimate of drug-likeness (QED) is 0.737. The molecule has 0 saturated heterocycles. The monoisotopic (exact) mass is 257 g/mol. The lowest BCUT2D eigenvalue weighted by Gasteiger charge is -2.05. The molecule has 0 saturated carbocycles. The normalized spacial score (nSPS) is 11.0. The molecule has 0 aliphatic carbocycles. The molecule has 3 heteroatoms. The zero-order valence-electron chi connectivity index (χ0n) is 11.7. The molecule has 0 fully saturated rings. The first-order valence-electron chi connectivity index (χ1n) is 7.30. The SMILES string of the molecule is CCCCNCCCCc1ccc2nccnc2c1. The summed E-state index contributed by atoms with van der Waals surface area (Å²) in [5, 5.41) is 3.48. The van der Waals surface area contributed by atoms with Gasteiger partial charge in [-0.1, -0.05) is 19.4 Å². The van der Waals surface area contributed by atoms with E-state index in [9.17, 15) is 0 Å². The number of hydrogen-bond donors (Lipinski definition) is 1. The number of nitrogens with one attached hydrogen (secondary N) is 1. The Morgan fingerprint density at radius 2 is 1.74 bits per heavy atom. The fourth-order valence-electron chi connectivity index (χ4n) is 2.17. The molecule has 0 aliphatic rings. The maximum atomic E-state index is 4.35. The smallest absolute Gasteiger partial charge is 0.0889 e. The average molecular weight is 257 g/mol. The lowest BCUT2D eigenvalue weighted by Crippen LogP contribution is -2.16. The van der Waals surface area contributed by atoms with Gasteiger partial charge in [0.05, 0.1) is 11.0 Å². The van der Waals surface area contributed by atoms with Gasteiger partial charge in [0.1, 0.15) is 0 Å². The van der Waals surface area contributed by atoms with Crippen LogP contribution in [0.3, 0.4) is 0 Å². The molecule has 1 heterocycles. The standard InChI is InChI=1S/C16H23N3/c1-2-3-9-17-10-5-4-6-14-7-8-15-16(13-14)19-12-11-18-15/h7-8,11-13,17H,2-6,9-10H2,1H3. The Labute approximate surface area is 115 Å². The first-order valence-corrected chi connectivity index (χ1v) is 7.30. The van der Waals surface area contributed by atoms with Crippen molar-refractivity contribution in [2.75, 3.05) is 13.1 Å². The minimum absolute atomic E-state index is 0.979. The van der Waals surface area contributed by atoms with Crippen molar-refractivity contribution >= 4 is 11.0 Å². The van der Waals surface area contributed by atoms with Gasteiger partial charge < -0.3 is 5.32 Å². The van der Waals surface area contributed by atoms with Crippen LogP contribution < -0.4 is 5.32 Å². The molecule has 0 amide bonds. The number of rotatable bonds is 8. The van der Waals surface area contributed by atoms with Crippen molar-refractivity contribution in [2.24, 2.45) is 0 Å². The van der Waals surface area contributed by atoms with E-state index in [1.54, 1.807) is 12.4 Å². The van der Waals surface area contributed by atoms with Crippen LogP contribution in [0.4, 0.5) is 0 Å². The fourth-order valence-corrected chi connectivity index (χ4v) is 2.17. The topological polar surface area (TPSA) is 37.8 Å². The van der Waals surface area contributed by atoms with Gasteiger partial charge in [0.25, 0.3) is 0 Å². The summed E-state index contributed by atoms with van der Waals surface area (Å²) >= 11 is 0. The minimum atomic E-state index is 0.979. The van der Waals surface area contributed by atoms with Crippen LogP contribution in [0.2, 0.25) is 0 Å². The van der Waals surface area contributed by atoms with Gasteiger partial charge in [0, 0.05) is 12.4 Å². The van der Waals surface area contributed by atoms with Gasteiger partial charge >= 0.3 is 0 Å². The van der Waals surface area contributed by atoms with Crippen LogP contribution in [0.25, 0.3) is 11.0 Å². The van der Waals surface area contributed by atoms with Crippen LogP contribution >= 0.6 is 0 Å². The van der Waals surface area contributed by atoms with Gasteiger partial charge in [-0.3, -0.25) is 9.97 Å². The highest BCUT2D eigenvalue weighted by Crippen LogP contribution is 2.12. The minimum Gasteiger partial charge on any atom is -0.317 e. The highest BCUT2D eigenvalue weighted by molar-refractivity contribution is 5.74. The fraction of sp³-hybridized carbons (Fsp3) is 0.500. The Hall–Kier alpha value is -1.48. The summed E-state index contributed by atoms with van der Waals surface area (Å²) in [6.07, 6.45) is 9.64. The van der Waals surface area contributed by atoms with E-state index >= 15 is 0 Å². The number of aryl methyl sites for hydroxylation is 1. The number of nitrogens with zero attached hydrogens (tertiary/aromatic N) is 2. The largest absolute Gasteiger partial charge is 0.317 e. The number of benzene rings is 1. The first kappa shape index (κ1) is 13.9. The van der Waals surface area contributed by atoms with Crippen LogP contribution in [-0.4, -0.2) is 23.1 Å². The molecular weight excluding hydrogens is 234 g/mol. The predicted molar refractivity (Wildman–Crippen MR) is 80.3 cm³/mol. The second-order valence-corrected chi connectivity index (χ2v) is 4.94. The van der Waals surface area contributed by atoms with Crippen LogP contribution in [0, 0.1) is 0 Å². The van der Waals surface area contributed by atoms with Crippen LogP contribution in [0.1, 0.15) is 38.2 Å². The maximum absolute atomic E-state index is 4.35. The summed E-state index contributed by atoms with van der Waals surface area (Å²) in [5.41, 5.74) is 3.34. The molecule has 0 atom stereocenters. The Morgan fingerprint density at radius 1 is 0.947 bits per heavy atom. The average Bonchev–Trinajstić information content (AvgIpc) is 2.46. The number of hydrogen-bond acceptors (Lipinski definition) is 3. The van der Waals surface area contributed by atoms with Crippen LogP contribution in [-0.2, 0) is 6.42 Å². The number of fused-ring (bicyclic) bond motifs is 1. The van der Waals surface area contributed by atoms with Crippen molar-refractivity contribution in [3.05, 3.63) is 36.2 Å². The molecule has 2 aromatic rings. The van der Waals surface area contributed by atoms with Crippen LogP contribution in [0.5, 0.6) is 0 Å². The van der Waals surface area contributed by atoms with Crippen molar-refractivity contribution in [1.82, 2.24) is 15.3 Å². The molecule has 19 heavy (non-hydrogen) atoms. The molecule has 1 aromatic carbocycles. The van der Waals surface area contributed by atoms with Gasteiger partial charge in [-0.05, 0) is 56.5 Å². The molecule has 0 unspecified atom stereocenters. The maximum Gasteiger partial charge on any atom is 0.0889 e. The van der Waals surface area contributed by atoms with E-state index in [-0.39, 0.29) is 0 Å². The summed E-state index contributed by atoms with van der Waals surface area (Å²) in [5.74, 6) is 0. The molecular formula is C16H23N3. The Bertz CT molecular complexity index is 496. The van der Waals surface area contributed by atoms with Gasteiger partial charge in [0.2, 0.25) is 0 Å². The zero-order chi connectivity index (χ0) is 13.3. The summed E-state index contributed by atoms with van der Waals surface area (Å²) in [4.78, 5) is 8.63. The van der Waals surface area contributed by atoms with E-state index < -0.39 is 0 Å². The number of unbranched alkanes of at least 4 members (excludes halogenated alkanes) is 2. The lowest BCUT2D eigenvalue weighted by molar-refractivity contribution is 0.599.